The molecular weight excluding hydrogens is 432 g/mol. The fraction of sp³-hybridized carbons (Fsp3) is 0.276. The average Bonchev–Trinajstić information content (AvgIpc) is 3.28. The molecule has 2 N–H and O–H groups in total. The van der Waals surface area contributed by atoms with Crippen LogP contribution in [0.15, 0.2) is 73.1 Å². The summed E-state index contributed by atoms with van der Waals surface area (Å²) in [6, 6.07) is 20.8. The monoisotopic (exact) mass is 462 g/mol. The molecule has 3 aromatic heterocycles. The Bertz CT molecular complexity index is 1480. The van der Waals surface area contributed by atoms with Gasteiger partial charge in [0.1, 0.15) is 22.9 Å². The van der Waals surface area contributed by atoms with Crippen LogP contribution in [-0.2, 0) is 6.42 Å². The van der Waals surface area contributed by atoms with E-state index < -0.39 is 0 Å². The number of piperidine rings is 1. The molecule has 0 atom stereocenters. The van der Waals surface area contributed by atoms with Crippen molar-refractivity contribution in [1.29, 1.82) is 0 Å². The SMILES string of the molecule is CCN1CCC(Cc2nc(-c3ccc4ccc(-c5ccccc5)nc4c3)c3c(N)nccn23)CC1. The van der Waals surface area contributed by atoms with E-state index in [2.05, 4.69) is 63.7 Å². The van der Waals surface area contributed by atoms with E-state index in [0.29, 0.717) is 11.7 Å². The Morgan fingerprint density at radius 1 is 0.943 bits per heavy atom. The summed E-state index contributed by atoms with van der Waals surface area (Å²) in [5.74, 6) is 2.20. The van der Waals surface area contributed by atoms with E-state index in [0.717, 1.165) is 57.7 Å². The first-order chi connectivity index (χ1) is 17.2. The van der Waals surface area contributed by atoms with Gasteiger partial charge in [-0.3, -0.25) is 4.40 Å². The van der Waals surface area contributed by atoms with E-state index in [4.69, 9.17) is 15.7 Å². The first-order valence-corrected chi connectivity index (χ1v) is 12.5. The molecule has 6 rings (SSSR count). The third-order valence-electron chi connectivity index (χ3n) is 7.32. The predicted molar refractivity (Wildman–Crippen MR) is 142 cm³/mol. The molecule has 176 valence electrons. The molecule has 1 aliphatic heterocycles. The molecule has 0 radical (unpaired) electrons. The largest absolute Gasteiger partial charge is 0.382 e. The van der Waals surface area contributed by atoms with Gasteiger partial charge in [0.15, 0.2) is 0 Å². The van der Waals surface area contributed by atoms with Crippen molar-refractivity contribution in [2.24, 2.45) is 5.92 Å². The first kappa shape index (κ1) is 21.7. The lowest BCUT2D eigenvalue weighted by molar-refractivity contribution is 0.191. The maximum absolute atomic E-state index is 6.40. The van der Waals surface area contributed by atoms with Gasteiger partial charge in [-0.2, -0.15) is 0 Å². The number of hydrogen-bond acceptors (Lipinski definition) is 5. The molecule has 1 saturated heterocycles. The normalized spacial score (nSPS) is 15.2. The lowest BCUT2D eigenvalue weighted by Crippen LogP contribution is -2.34. The predicted octanol–water partition coefficient (Wildman–Crippen LogP) is 5.47. The molecule has 6 heteroatoms. The molecule has 2 aromatic carbocycles. The lowest BCUT2D eigenvalue weighted by Gasteiger charge is -2.30. The number of benzene rings is 2. The van der Waals surface area contributed by atoms with Crippen LogP contribution in [0.1, 0.15) is 25.6 Å². The molecule has 0 spiro atoms. The van der Waals surface area contributed by atoms with Gasteiger partial charge >= 0.3 is 0 Å². The van der Waals surface area contributed by atoms with Crippen LogP contribution >= 0.6 is 0 Å². The molecule has 1 aliphatic rings. The minimum Gasteiger partial charge on any atom is -0.382 e. The number of rotatable bonds is 5. The Balaban J connectivity index is 1.40. The summed E-state index contributed by atoms with van der Waals surface area (Å²) in [6.07, 6.45) is 7.13. The molecule has 0 aliphatic carbocycles. The molecule has 5 aromatic rings. The third kappa shape index (κ3) is 4.15. The zero-order chi connectivity index (χ0) is 23.8. The van der Waals surface area contributed by atoms with E-state index in [1.165, 1.54) is 25.9 Å². The number of hydrogen-bond donors (Lipinski definition) is 1. The van der Waals surface area contributed by atoms with Gasteiger partial charge < -0.3 is 10.6 Å². The number of nitrogens with zero attached hydrogens (tertiary/aromatic N) is 5. The van der Waals surface area contributed by atoms with Gasteiger partial charge in [0.05, 0.1) is 11.2 Å². The second-order valence-corrected chi connectivity index (χ2v) is 9.46. The van der Waals surface area contributed by atoms with Crippen molar-refractivity contribution >= 4 is 22.2 Å². The maximum atomic E-state index is 6.40. The first-order valence-electron chi connectivity index (χ1n) is 12.5. The number of nitrogens with two attached hydrogens (primary N) is 1. The Morgan fingerprint density at radius 2 is 1.74 bits per heavy atom. The highest BCUT2D eigenvalue weighted by Crippen LogP contribution is 2.32. The number of nitrogen functional groups attached to an aromatic ring is 1. The van der Waals surface area contributed by atoms with Crippen LogP contribution in [-0.4, -0.2) is 43.9 Å². The molecule has 6 nitrogen and oxygen atoms in total. The Hall–Kier alpha value is -3.77. The van der Waals surface area contributed by atoms with Crippen LogP contribution in [0.2, 0.25) is 0 Å². The standard InChI is InChI=1S/C29H30N6/c1-2-34-15-12-20(13-16-34)18-26-33-27(28-29(30)31-14-17-35(26)28)23-9-8-22-10-11-24(32-25(22)19-23)21-6-4-3-5-7-21/h3-11,14,17,19-20H,2,12-13,15-16,18H2,1H3,(H2,30,31). The summed E-state index contributed by atoms with van der Waals surface area (Å²) < 4.78 is 2.14. The van der Waals surface area contributed by atoms with Crippen LogP contribution in [0.25, 0.3) is 38.9 Å². The van der Waals surface area contributed by atoms with Crippen LogP contribution in [0.4, 0.5) is 5.82 Å². The fourth-order valence-corrected chi connectivity index (χ4v) is 5.27. The summed E-state index contributed by atoms with van der Waals surface area (Å²) in [5, 5.41) is 1.10. The van der Waals surface area contributed by atoms with E-state index >= 15 is 0 Å². The van der Waals surface area contributed by atoms with Gasteiger partial charge in [0.2, 0.25) is 0 Å². The van der Waals surface area contributed by atoms with Crippen molar-refractivity contribution in [1.82, 2.24) is 24.3 Å². The second kappa shape index (κ2) is 9.12. The van der Waals surface area contributed by atoms with Crippen molar-refractivity contribution in [3.05, 3.63) is 78.9 Å². The zero-order valence-corrected chi connectivity index (χ0v) is 20.1. The Morgan fingerprint density at radius 3 is 2.54 bits per heavy atom. The van der Waals surface area contributed by atoms with Crippen LogP contribution in [0, 0.1) is 5.92 Å². The summed E-state index contributed by atoms with van der Waals surface area (Å²) >= 11 is 0. The number of anilines is 1. The average molecular weight is 463 g/mol. The molecule has 0 amide bonds. The highest BCUT2D eigenvalue weighted by molar-refractivity contribution is 5.91. The quantitative estimate of drug-likeness (QED) is 0.375. The van der Waals surface area contributed by atoms with E-state index in [1.807, 2.05) is 24.4 Å². The van der Waals surface area contributed by atoms with Gasteiger partial charge in [0, 0.05) is 35.3 Å². The summed E-state index contributed by atoms with van der Waals surface area (Å²) in [7, 11) is 0. The van der Waals surface area contributed by atoms with Crippen molar-refractivity contribution in [3.8, 4) is 22.5 Å². The highest BCUT2D eigenvalue weighted by atomic mass is 15.1. The molecule has 4 heterocycles. The second-order valence-electron chi connectivity index (χ2n) is 9.46. The van der Waals surface area contributed by atoms with Gasteiger partial charge in [-0.1, -0.05) is 55.5 Å². The molecule has 1 fully saturated rings. The Kier molecular flexibility index (Phi) is 5.66. The zero-order valence-electron chi connectivity index (χ0n) is 20.1. The number of imidazole rings is 1. The maximum Gasteiger partial charge on any atom is 0.150 e. The van der Waals surface area contributed by atoms with Crippen molar-refractivity contribution in [3.63, 3.8) is 0 Å². The number of pyridine rings is 1. The summed E-state index contributed by atoms with van der Waals surface area (Å²) in [4.78, 5) is 17.0. The fourth-order valence-electron chi connectivity index (χ4n) is 5.27. The number of aromatic nitrogens is 4. The van der Waals surface area contributed by atoms with Gasteiger partial charge in [-0.05, 0) is 50.5 Å². The molecular formula is C29H30N6. The van der Waals surface area contributed by atoms with Gasteiger partial charge in [-0.15, -0.1) is 0 Å². The van der Waals surface area contributed by atoms with E-state index in [9.17, 15) is 0 Å². The minimum absolute atomic E-state index is 0.508. The van der Waals surface area contributed by atoms with Crippen molar-refractivity contribution in [2.45, 2.75) is 26.2 Å². The lowest BCUT2D eigenvalue weighted by atomic mass is 9.93. The van der Waals surface area contributed by atoms with Crippen molar-refractivity contribution < 1.29 is 0 Å². The van der Waals surface area contributed by atoms with Crippen LogP contribution < -0.4 is 5.73 Å². The van der Waals surface area contributed by atoms with E-state index in [-0.39, 0.29) is 0 Å². The smallest absolute Gasteiger partial charge is 0.150 e. The van der Waals surface area contributed by atoms with Gasteiger partial charge in [0.25, 0.3) is 0 Å². The molecule has 35 heavy (non-hydrogen) atoms. The molecule has 0 unspecified atom stereocenters. The van der Waals surface area contributed by atoms with Crippen molar-refractivity contribution in [2.75, 3.05) is 25.4 Å². The minimum atomic E-state index is 0.508. The highest BCUT2D eigenvalue weighted by Gasteiger charge is 2.23. The third-order valence-corrected chi connectivity index (χ3v) is 7.32. The molecule has 0 saturated carbocycles. The molecule has 0 bridgehead atoms. The van der Waals surface area contributed by atoms with Crippen LogP contribution in [0.3, 0.4) is 0 Å². The Labute approximate surface area is 205 Å². The van der Waals surface area contributed by atoms with Crippen LogP contribution in [0.5, 0.6) is 0 Å². The van der Waals surface area contributed by atoms with Gasteiger partial charge in [-0.25, -0.2) is 15.0 Å². The summed E-state index contributed by atoms with van der Waals surface area (Å²) in [6.45, 7) is 5.71. The van der Waals surface area contributed by atoms with E-state index in [1.54, 1.807) is 6.20 Å². The summed E-state index contributed by atoms with van der Waals surface area (Å²) in [5.41, 5.74) is 12.2. The topological polar surface area (TPSA) is 72.3 Å². The number of fused-ring (bicyclic) bond motifs is 2. The number of likely N-dealkylation sites (tertiary alicyclic amines) is 1.